The van der Waals surface area contributed by atoms with Crippen LogP contribution in [0.2, 0.25) is 10.0 Å². The smallest absolute Gasteiger partial charge is 0.250 e. The third-order valence-corrected chi connectivity index (χ3v) is 6.76. The summed E-state index contributed by atoms with van der Waals surface area (Å²) in [7, 11) is 0. The van der Waals surface area contributed by atoms with Crippen LogP contribution in [0.15, 0.2) is 87.5 Å². The van der Waals surface area contributed by atoms with E-state index in [1.807, 2.05) is 59.2 Å². The second kappa shape index (κ2) is 11.2. The third-order valence-electron chi connectivity index (χ3n) is 4.75. The Kier molecular flexibility index (Phi) is 8.05. The monoisotopic (exact) mass is 573 g/mol. The number of nitrogens with one attached hydrogen (secondary N) is 1. The average Bonchev–Trinajstić information content (AvgIpc) is 3.26. The van der Waals surface area contributed by atoms with Crippen LogP contribution in [0.25, 0.3) is 17.1 Å². The number of hydrazone groups is 1. The molecule has 10 heteroatoms. The molecule has 0 saturated heterocycles. The molecule has 4 rings (SSSR count). The zero-order valence-corrected chi connectivity index (χ0v) is 21.8. The predicted octanol–water partition coefficient (Wildman–Crippen LogP) is 6.64. The molecule has 4 aromatic rings. The van der Waals surface area contributed by atoms with Crippen LogP contribution in [0.4, 0.5) is 0 Å². The maximum absolute atomic E-state index is 12.5. The van der Waals surface area contributed by atoms with E-state index in [4.69, 9.17) is 23.2 Å². The van der Waals surface area contributed by atoms with Crippen LogP contribution >= 0.6 is 50.9 Å². The van der Waals surface area contributed by atoms with Crippen LogP contribution in [0.1, 0.15) is 12.5 Å². The molecule has 172 valence electrons. The molecule has 1 aromatic heterocycles. The highest BCUT2D eigenvalue weighted by atomic mass is 79.9. The molecular weight excluding hydrogens is 557 g/mol. The second-order valence-corrected chi connectivity index (χ2v) is 9.83. The van der Waals surface area contributed by atoms with Crippen LogP contribution in [-0.2, 0) is 4.79 Å². The van der Waals surface area contributed by atoms with Crippen molar-refractivity contribution >= 4 is 62.5 Å². The van der Waals surface area contributed by atoms with Gasteiger partial charge in [0.05, 0.1) is 16.5 Å². The quantitative estimate of drug-likeness (QED) is 0.153. The van der Waals surface area contributed by atoms with Gasteiger partial charge in [-0.1, -0.05) is 87.3 Å². The Labute approximate surface area is 219 Å². The van der Waals surface area contributed by atoms with E-state index < -0.39 is 0 Å². The van der Waals surface area contributed by atoms with Crippen LogP contribution in [0.5, 0.6) is 0 Å². The first-order chi connectivity index (χ1) is 16.4. The predicted molar refractivity (Wildman–Crippen MR) is 142 cm³/mol. The number of carbonyl (C=O) groups is 1. The second-order valence-electron chi connectivity index (χ2n) is 7.13. The van der Waals surface area contributed by atoms with Gasteiger partial charge in [-0.25, -0.2) is 5.43 Å². The van der Waals surface area contributed by atoms with Crippen molar-refractivity contribution in [3.63, 3.8) is 0 Å². The van der Waals surface area contributed by atoms with E-state index in [2.05, 4.69) is 36.7 Å². The Bertz CT molecular complexity index is 1340. The molecule has 0 spiro atoms. The van der Waals surface area contributed by atoms with E-state index in [1.54, 1.807) is 25.1 Å². The Balaban J connectivity index is 1.52. The topological polar surface area (TPSA) is 72.2 Å². The van der Waals surface area contributed by atoms with Gasteiger partial charge < -0.3 is 0 Å². The molecule has 1 amide bonds. The van der Waals surface area contributed by atoms with E-state index in [1.165, 1.54) is 11.8 Å². The van der Waals surface area contributed by atoms with Gasteiger partial charge >= 0.3 is 0 Å². The SMILES string of the molecule is CC(=NNC(=O)CSc1nnc(-c2ccccc2)n1-c1ccc(Br)cc1)c1ccc(Cl)cc1Cl. The summed E-state index contributed by atoms with van der Waals surface area (Å²) in [5, 5.41) is 14.5. The lowest BCUT2D eigenvalue weighted by molar-refractivity contribution is -0.118. The Morgan fingerprint density at radius 1 is 1.06 bits per heavy atom. The van der Waals surface area contributed by atoms with Crippen molar-refractivity contribution in [1.82, 2.24) is 20.2 Å². The fourth-order valence-corrected chi connectivity index (χ4v) is 4.67. The molecule has 1 heterocycles. The van der Waals surface area contributed by atoms with Crippen molar-refractivity contribution < 1.29 is 4.79 Å². The Morgan fingerprint density at radius 3 is 2.50 bits per heavy atom. The number of aromatic nitrogens is 3. The first-order valence-corrected chi connectivity index (χ1v) is 12.6. The summed E-state index contributed by atoms with van der Waals surface area (Å²) in [6.07, 6.45) is 0. The van der Waals surface area contributed by atoms with E-state index >= 15 is 0 Å². The van der Waals surface area contributed by atoms with Gasteiger partial charge in [0.25, 0.3) is 5.91 Å². The number of carbonyl (C=O) groups excluding carboxylic acids is 1. The van der Waals surface area contributed by atoms with Crippen molar-refractivity contribution in [3.05, 3.63) is 92.9 Å². The van der Waals surface area contributed by atoms with Crippen LogP contribution in [0, 0.1) is 0 Å². The highest BCUT2D eigenvalue weighted by Gasteiger charge is 2.17. The number of nitrogens with zero attached hydrogens (tertiary/aromatic N) is 4. The highest BCUT2D eigenvalue weighted by molar-refractivity contribution is 9.10. The van der Waals surface area contributed by atoms with Crippen LogP contribution in [0.3, 0.4) is 0 Å². The standard InChI is InChI=1S/C24H18BrCl2N5OS/c1-15(20-12-9-18(26)13-21(20)27)28-29-22(33)14-34-24-31-30-23(16-5-3-2-4-6-16)32(24)19-10-7-17(25)8-11-19/h2-13H,14H2,1H3,(H,29,33). The molecule has 0 saturated carbocycles. The summed E-state index contributed by atoms with van der Waals surface area (Å²) < 4.78 is 2.90. The van der Waals surface area contributed by atoms with Crippen molar-refractivity contribution in [1.29, 1.82) is 0 Å². The van der Waals surface area contributed by atoms with Crippen molar-refractivity contribution in [3.8, 4) is 17.1 Å². The average molecular weight is 575 g/mol. The van der Waals surface area contributed by atoms with E-state index in [-0.39, 0.29) is 11.7 Å². The largest absolute Gasteiger partial charge is 0.272 e. The number of hydrogen-bond acceptors (Lipinski definition) is 5. The van der Waals surface area contributed by atoms with Gasteiger partial charge in [-0.3, -0.25) is 9.36 Å². The van der Waals surface area contributed by atoms with Crippen molar-refractivity contribution in [2.75, 3.05) is 5.75 Å². The minimum absolute atomic E-state index is 0.106. The zero-order chi connectivity index (χ0) is 24.1. The van der Waals surface area contributed by atoms with Gasteiger partial charge in [0.2, 0.25) is 0 Å². The third kappa shape index (κ3) is 5.88. The number of amides is 1. The number of benzene rings is 3. The fraction of sp³-hybridized carbons (Fsp3) is 0.0833. The molecule has 6 nitrogen and oxygen atoms in total. The van der Waals surface area contributed by atoms with Gasteiger partial charge in [0.1, 0.15) is 0 Å². The first-order valence-electron chi connectivity index (χ1n) is 10.1. The first kappa shape index (κ1) is 24.5. The van der Waals surface area contributed by atoms with Gasteiger partial charge in [0, 0.05) is 26.3 Å². The summed E-state index contributed by atoms with van der Waals surface area (Å²) in [4.78, 5) is 12.5. The van der Waals surface area contributed by atoms with Crippen molar-refractivity contribution in [2.45, 2.75) is 12.1 Å². The molecule has 0 aliphatic carbocycles. The summed E-state index contributed by atoms with van der Waals surface area (Å²) >= 11 is 16.9. The molecule has 0 radical (unpaired) electrons. The molecule has 0 unspecified atom stereocenters. The van der Waals surface area contributed by atoms with E-state index in [9.17, 15) is 4.79 Å². The molecule has 0 atom stereocenters. The lowest BCUT2D eigenvalue weighted by Gasteiger charge is -2.10. The Morgan fingerprint density at radius 2 is 1.79 bits per heavy atom. The van der Waals surface area contributed by atoms with Crippen molar-refractivity contribution in [2.24, 2.45) is 5.10 Å². The summed E-state index contributed by atoms with van der Waals surface area (Å²) in [5.74, 6) is 0.521. The minimum atomic E-state index is -0.277. The Hall–Kier alpha value is -2.65. The van der Waals surface area contributed by atoms with E-state index in [0.29, 0.717) is 32.3 Å². The molecule has 0 aliphatic heterocycles. The van der Waals surface area contributed by atoms with Crippen LogP contribution < -0.4 is 5.43 Å². The molecule has 1 N–H and O–H groups in total. The molecule has 0 bridgehead atoms. The molecular formula is C24H18BrCl2N5OS. The van der Waals surface area contributed by atoms with Crippen LogP contribution in [-0.4, -0.2) is 32.1 Å². The zero-order valence-electron chi connectivity index (χ0n) is 17.9. The lowest BCUT2D eigenvalue weighted by Crippen LogP contribution is -2.21. The summed E-state index contributed by atoms with van der Waals surface area (Å²) in [6, 6.07) is 22.7. The number of hydrogen-bond donors (Lipinski definition) is 1. The normalized spacial score (nSPS) is 11.5. The fourth-order valence-electron chi connectivity index (χ4n) is 3.11. The minimum Gasteiger partial charge on any atom is -0.272 e. The number of rotatable bonds is 7. The van der Waals surface area contributed by atoms with Gasteiger partial charge in [-0.15, -0.1) is 10.2 Å². The maximum atomic E-state index is 12.5. The van der Waals surface area contributed by atoms with Gasteiger partial charge in [0.15, 0.2) is 11.0 Å². The molecule has 3 aromatic carbocycles. The lowest BCUT2D eigenvalue weighted by atomic mass is 10.1. The number of halogens is 3. The maximum Gasteiger partial charge on any atom is 0.250 e. The van der Waals surface area contributed by atoms with Gasteiger partial charge in [-0.2, -0.15) is 5.10 Å². The summed E-state index contributed by atoms with van der Waals surface area (Å²) in [5.41, 5.74) is 5.66. The van der Waals surface area contributed by atoms with E-state index in [0.717, 1.165) is 15.7 Å². The van der Waals surface area contributed by atoms with Gasteiger partial charge in [-0.05, 0) is 43.3 Å². The number of thioether (sulfide) groups is 1. The highest BCUT2D eigenvalue weighted by Crippen LogP contribution is 2.28. The summed E-state index contributed by atoms with van der Waals surface area (Å²) in [6.45, 7) is 1.76. The molecule has 0 fully saturated rings. The molecule has 34 heavy (non-hydrogen) atoms. The molecule has 0 aliphatic rings.